The molecule has 1 aromatic carbocycles. The first-order valence-corrected chi connectivity index (χ1v) is 9.84. The van der Waals surface area contributed by atoms with Crippen molar-refractivity contribution in [2.75, 3.05) is 26.2 Å². The number of benzene rings is 1. The monoisotopic (exact) mass is 344 g/mol. The fraction of sp³-hybridized carbons (Fsp3) is 0.500. The lowest BCUT2D eigenvalue weighted by molar-refractivity contribution is 0.0506. The van der Waals surface area contributed by atoms with E-state index in [9.17, 15) is 5.11 Å². The second-order valence-electron chi connectivity index (χ2n) is 6.62. The molecule has 0 spiro atoms. The summed E-state index contributed by atoms with van der Waals surface area (Å²) in [5, 5.41) is 11.6. The number of hydrogen-bond acceptors (Lipinski definition) is 4. The third-order valence-electron chi connectivity index (χ3n) is 4.93. The highest BCUT2D eigenvalue weighted by molar-refractivity contribution is 7.09. The molecule has 1 atom stereocenters. The van der Waals surface area contributed by atoms with Crippen molar-refractivity contribution < 1.29 is 5.11 Å². The van der Waals surface area contributed by atoms with Crippen molar-refractivity contribution in [1.29, 1.82) is 0 Å². The molecule has 1 aliphatic rings. The number of aliphatic hydroxyl groups excluding tert-OH is 1. The SMILES string of the molecule is CCc1ccc(CN2CCN(Cc3cccs3)[C@H](CCO)C2)cc1. The number of aliphatic hydroxyl groups is 1. The van der Waals surface area contributed by atoms with Gasteiger partial charge in [0.15, 0.2) is 0 Å². The Bertz CT molecular complexity index is 597. The molecule has 1 N–H and O–H groups in total. The summed E-state index contributed by atoms with van der Waals surface area (Å²) in [7, 11) is 0. The zero-order chi connectivity index (χ0) is 16.8. The van der Waals surface area contributed by atoms with Crippen LogP contribution in [0.4, 0.5) is 0 Å². The van der Waals surface area contributed by atoms with Crippen LogP contribution in [-0.2, 0) is 19.5 Å². The van der Waals surface area contributed by atoms with Crippen LogP contribution in [0.25, 0.3) is 0 Å². The van der Waals surface area contributed by atoms with Crippen LogP contribution in [-0.4, -0.2) is 47.2 Å². The summed E-state index contributed by atoms with van der Waals surface area (Å²) in [6.07, 6.45) is 1.96. The average molecular weight is 345 g/mol. The van der Waals surface area contributed by atoms with Crippen molar-refractivity contribution in [3.8, 4) is 0 Å². The van der Waals surface area contributed by atoms with Gasteiger partial charge in [0, 0.05) is 50.2 Å². The van der Waals surface area contributed by atoms with Crippen molar-refractivity contribution in [3.63, 3.8) is 0 Å². The number of nitrogens with zero attached hydrogens (tertiary/aromatic N) is 2. The van der Waals surface area contributed by atoms with Crippen LogP contribution in [0.2, 0.25) is 0 Å². The van der Waals surface area contributed by atoms with E-state index in [-0.39, 0.29) is 6.61 Å². The molecule has 0 radical (unpaired) electrons. The Kier molecular flexibility index (Phi) is 6.44. The predicted octanol–water partition coefficient (Wildman–Crippen LogP) is 3.38. The van der Waals surface area contributed by atoms with Crippen molar-refractivity contribution in [2.24, 2.45) is 0 Å². The van der Waals surface area contributed by atoms with E-state index in [1.807, 2.05) is 11.3 Å². The van der Waals surface area contributed by atoms with Gasteiger partial charge in [-0.25, -0.2) is 0 Å². The number of hydrogen-bond donors (Lipinski definition) is 1. The maximum absolute atomic E-state index is 9.45. The van der Waals surface area contributed by atoms with Crippen LogP contribution < -0.4 is 0 Å². The molecule has 0 saturated carbocycles. The molecule has 0 amide bonds. The topological polar surface area (TPSA) is 26.7 Å². The molecule has 1 aliphatic heterocycles. The molecule has 1 saturated heterocycles. The van der Waals surface area contributed by atoms with Crippen molar-refractivity contribution >= 4 is 11.3 Å². The minimum Gasteiger partial charge on any atom is -0.396 e. The van der Waals surface area contributed by atoms with Crippen LogP contribution in [0, 0.1) is 0 Å². The largest absolute Gasteiger partial charge is 0.396 e. The van der Waals surface area contributed by atoms with Gasteiger partial charge in [-0.05, 0) is 35.4 Å². The van der Waals surface area contributed by atoms with E-state index in [1.54, 1.807) is 0 Å². The van der Waals surface area contributed by atoms with Crippen molar-refractivity contribution in [3.05, 3.63) is 57.8 Å². The maximum Gasteiger partial charge on any atom is 0.0446 e. The fourth-order valence-corrected chi connectivity index (χ4v) is 4.20. The molecule has 4 heteroatoms. The minimum atomic E-state index is 0.268. The van der Waals surface area contributed by atoms with Crippen LogP contribution >= 0.6 is 11.3 Å². The van der Waals surface area contributed by atoms with Crippen LogP contribution in [0.5, 0.6) is 0 Å². The van der Waals surface area contributed by atoms with Crippen LogP contribution in [0.3, 0.4) is 0 Å². The van der Waals surface area contributed by atoms with Gasteiger partial charge in [-0.15, -0.1) is 11.3 Å². The molecule has 1 aromatic heterocycles. The number of rotatable bonds is 7. The second-order valence-corrected chi connectivity index (χ2v) is 7.65. The molecule has 2 aromatic rings. The highest BCUT2D eigenvalue weighted by atomic mass is 32.1. The first kappa shape index (κ1) is 17.6. The Labute approximate surface area is 149 Å². The zero-order valence-electron chi connectivity index (χ0n) is 14.5. The zero-order valence-corrected chi connectivity index (χ0v) is 15.3. The Morgan fingerprint density at radius 1 is 1.08 bits per heavy atom. The van der Waals surface area contributed by atoms with E-state index in [2.05, 4.69) is 58.5 Å². The summed E-state index contributed by atoms with van der Waals surface area (Å²) in [4.78, 5) is 6.49. The Balaban J connectivity index is 1.59. The van der Waals surface area contributed by atoms with E-state index >= 15 is 0 Å². The van der Waals surface area contributed by atoms with Gasteiger partial charge in [0.2, 0.25) is 0 Å². The highest BCUT2D eigenvalue weighted by Crippen LogP contribution is 2.20. The molecule has 3 nitrogen and oxygen atoms in total. The highest BCUT2D eigenvalue weighted by Gasteiger charge is 2.26. The van der Waals surface area contributed by atoms with Gasteiger partial charge in [-0.1, -0.05) is 37.3 Å². The predicted molar refractivity (Wildman–Crippen MR) is 101 cm³/mol. The summed E-state index contributed by atoms with van der Waals surface area (Å²) in [5.41, 5.74) is 2.79. The maximum atomic E-state index is 9.45. The van der Waals surface area contributed by atoms with Crippen LogP contribution in [0.15, 0.2) is 41.8 Å². The summed E-state index contributed by atoms with van der Waals surface area (Å²) in [6.45, 7) is 7.71. The molecule has 1 fully saturated rings. The van der Waals surface area contributed by atoms with Gasteiger partial charge >= 0.3 is 0 Å². The number of aryl methyl sites for hydroxylation is 1. The molecule has 0 bridgehead atoms. The molecule has 130 valence electrons. The summed E-state index contributed by atoms with van der Waals surface area (Å²) in [5.74, 6) is 0. The molecule has 3 rings (SSSR count). The first-order valence-electron chi connectivity index (χ1n) is 8.96. The van der Waals surface area contributed by atoms with Gasteiger partial charge in [-0.2, -0.15) is 0 Å². The van der Waals surface area contributed by atoms with E-state index in [0.717, 1.165) is 45.6 Å². The second kappa shape index (κ2) is 8.77. The summed E-state index contributed by atoms with van der Waals surface area (Å²) in [6, 6.07) is 13.8. The lowest BCUT2D eigenvalue weighted by Crippen LogP contribution is -2.52. The molecule has 0 unspecified atom stereocenters. The van der Waals surface area contributed by atoms with Crippen LogP contribution in [0.1, 0.15) is 29.3 Å². The van der Waals surface area contributed by atoms with Gasteiger partial charge in [0.05, 0.1) is 0 Å². The Morgan fingerprint density at radius 2 is 1.88 bits per heavy atom. The van der Waals surface area contributed by atoms with Gasteiger partial charge < -0.3 is 5.11 Å². The summed E-state index contributed by atoms with van der Waals surface area (Å²) >= 11 is 1.83. The quantitative estimate of drug-likeness (QED) is 0.834. The third-order valence-corrected chi connectivity index (χ3v) is 5.79. The fourth-order valence-electron chi connectivity index (χ4n) is 3.47. The molecular weight excluding hydrogens is 316 g/mol. The van der Waals surface area contributed by atoms with Crippen molar-refractivity contribution in [1.82, 2.24) is 9.80 Å². The Morgan fingerprint density at radius 3 is 2.54 bits per heavy atom. The van der Waals surface area contributed by atoms with Gasteiger partial charge in [0.25, 0.3) is 0 Å². The van der Waals surface area contributed by atoms with E-state index in [0.29, 0.717) is 6.04 Å². The van der Waals surface area contributed by atoms with Gasteiger partial charge in [-0.3, -0.25) is 9.80 Å². The molecule has 24 heavy (non-hydrogen) atoms. The Hall–Kier alpha value is -1.20. The molecule has 2 heterocycles. The standard InChI is InChI=1S/C20H28N2OS/c1-2-17-5-7-18(8-6-17)14-21-10-11-22(19(15-21)9-12-23)16-20-4-3-13-24-20/h3-8,13,19,23H,2,9-12,14-16H2,1H3/t19-/m1/s1. The van der Waals surface area contributed by atoms with E-state index < -0.39 is 0 Å². The lowest BCUT2D eigenvalue weighted by atomic mass is 10.1. The number of thiophene rings is 1. The normalized spacial score (nSPS) is 19.7. The first-order chi connectivity index (χ1) is 11.8. The number of piperazine rings is 1. The average Bonchev–Trinajstić information content (AvgIpc) is 3.11. The van der Waals surface area contributed by atoms with E-state index in [1.165, 1.54) is 16.0 Å². The summed E-state index contributed by atoms with van der Waals surface area (Å²) < 4.78 is 0. The van der Waals surface area contributed by atoms with Crippen molar-refractivity contribution in [2.45, 2.75) is 38.9 Å². The van der Waals surface area contributed by atoms with E-state index in [4.69, 9.17) is 0 Å². The molecular formula is C20H28N2OS. The minimum absolute atomic E-state index is 0.268. The third kappa shape index (κ3) is 4.67. The lowest BCUT2D eigenvalue weighted by Gasteiger charge is -2.41. The molecule has 0 aliphatic carbocycles. The smallest absolute Gasteiger partial charge is 0.0446 e. The van der Waals surface area contributed by atoms with Gasteiger partial charge in [0.1, 0.15) is 0 Å².